The van der Waals surface area contributed by atoms with E-state index in [-0.39, 0.29) is 27.8 Å². The van der Waals surface area contributed by atoms with Crippen molar-refractivity contribution in [3.63, 3.8) is 0 Å². The molecule has 20 heavy (non-hydrogen) atoms. The van der Waals surface area contributed by atoms with Gasteiger partial charge < -0.3 is 9.47 Å². The maximum absolute atomic E-state index is 11.7. The first-order valence-electron chi connectivity index (χ1n) is 5.63. The van der Waals surface area contributed by atoms with Gasteiger partial charge in [0.1, 0.15) is 4.90 Å². The van der Waals surface area contributed by atoms with Crippen LogP contribution < -0.4 is 4.74 Å². The van der Waals surface area contributed by atoms with Gasteiger partial charge in [0.25, 0.3) is 5.24 Å². The predicted octanol–water partition coefficient (Wildman–Crippen LogP) is 2.54. The Bertz CT molecular complexity index is 598. The number of sulfone groups is 1. The lowest BCUT2D eigenvalue weighted by Gasteiger charge is -2.13. The first kappa shape index (κ1) is 17.2. The molecule has 0 bridgehead atoms. The molecule has 8 heteroatoms. The van der Waals surface area contributed by atoms with Crippen LogP contribution in [0.2, 0.25) is 5.02 Å². The number of ether oxygens (including phenoxy) is 2. The average molecular weight is 341 g/mol. The highest BCUT2D eigenvalue weighted by atomic mass is 35.5. The van der Waals surface area contributed by atoms with Crippen molar-refractivity contribution in [1.29, 1.82) is 0 Å². The molecule has 5 nitrogen and oxygen atoms in total. The lowest BCUT2D eigenvalue weighted by Crippen LogP contribution is -2.08. The zero-order valence-corrected chi connectivity index (χ0v) is 13.3. The van der Waals surface area contributed by atoms with Gasteiger partial charge in [0.15, 0.2) is 15.6 Å². The van der Waals surface area contributed by atoms with Crippen LogP contribution in [0.4, 0.5) is 0 Å². The lowest BCUT2D eigenvalue weighted by atomic mass is 10.2. The molecule has 0 heterocycles. The van der Waals surface area contributed by atoms with Crippen LogP contribution in [0.5, 0.6) is 5.75 Å². The Labute approximate surface area is 127 Å². The molecule has 112 valence electrons. The van der Waals surface area contributed by atoms with Gasteiger partial charge in [0.2, 0.25) is 0 Å². The monoisotopic (exact) mass is 340 g/mol. The van der Waals surface area contributed by atoms with Gasteiger partial charge in [-0.2, -0.15) is 0 Å². The van der Waals surface area contributed by atoms with Crippen LogP contribution in [0.1, 0.15) is 16.8 Å². The van der Waals surface area contributed by atoms with Gasteiger partial charge in [-0.15, -0.1) is 0 Å². The second-order valence-corrected chi connectivity index (χ2v) is 6.70. The van der Waals surface area contributed by atoms with Gasteiger partial charge in [-0.05, 0) is 23.7 Å². The molecular weight excluding hydrogens is 327 g/mol. The SMILES string of the molecule is COCCCOc1c(S(C)(=O)=O)ccc(C(=O)Cl)c1Cl. The minimum absolute atomic E-state index is 0.00229. The highest BCUT2D eigenvalue weighted by molar-refractivity contribution is 7.90. The van der Waals surface area contributed by atoms with Gasteiger partial charge in [0, 0.05) is 26.4 Å². The number of benzene rings is 1. The smallest absolute Gasteiger partial charge is 0.254 e. The number of hydrogen-bond donors (Lipinski definition) is 0. The van der Waals surface area contributed by atoms with E-state index in [0.29, 0.717) is 13.0 Å². The third-order valence-corrected chi connectivity index (χ3v) is 4.11. The fraction of sp³-hybridized carbons (Fsp3) is 0.417. The number of carbonyl (C=O) groups excluding carboxylic acids is 1. The molecule has 0 unspecified atom stereocenters. The molecule has 1 aromatic rings. The largest absolute Gasteiger partial charge is 0.491 e. The summed E-state index contributed by atoms with van der Waals surface area (Å²) in [6, 6.07) is 2.51. The maximum atomic E-state index is 11.7. The van der Waals surface area contributed by atoms with Gasteiger partial charge in [-0.1, -0.05) is 11.6 Å². The predicted molar refractivity (Wildman–Crippen MR) is 76.7 cm³/mol. The van der Waals surface area contributed by atoms with Crippen molar-refractivity contribution < 1.29 is 22.7 Å². The molecular formula is C12H14Cl2O5S. The molecule has 0 saturated carbocycles. The molecule has 0 aliphatic heterocycles. The molecule has 0 aliphatic rings. The Kier molecular flexibility index (Phi) is 6.26. The molecule has 0 saturated heterocycles. The molecule has 0 atom stereocenters. The first-order chi connectivity index (χ1) is 9.29. The first-order valence-corrected chi connectivity index (χ1v) is 8.28. The highest BCUT2D eigenvalue weighted by Crippen LogP contribution is 2.35. The van der Waals surface area contributed by atoms with Crippen molar-refractivity contribution in [1.82, 2.24) is 0 Å². The van der Waals surface area contributed by atoms with E-state index in [1.165, 1.54) is 12.1 Å². The molecule has 0 aliphatic carbocycles. The van der Waals surface area contributed by atoms with E-state index in [9.17, 15) is 13.2 Å². The zero-order chi connectivity index (χ0) is 15.3. The van der Waals surface area contributed by atoms with Gasteiger partial charge >= 0.3 is 0 Å². The van der Waals surface area contributed by atoms with E-state index in [4.69, 9.17) is 32.7 Å². The van der Waals surface area contributed by atoms with Crippen molar-refractivity contribution in [3.05, 3.63) is 22.7 Å². The molecule has 0 spiro atoms. The Hall–Kier alpha value is -0.820. The van der Waals surface area contributed by atoms with Crippen LogP contribution in [0.3, 0.4) is 0 Å². The average Bonchev–Trinajstić information content (AvgIpc) is 2.34. The summed E-state index contributed by atoms with van der Waals surface area (Å²) in [6.07, 6.45) is 1.58. The van der Waals surface area contributed by atoms with E-state index in [1.807, 2.05) is 0 Å². The Morgan fingerprint density at radius 1 is 1.30 bits per heavy atom. The fourth-order valence-corrected chi connectivity index (χ4v) is 2.87. The number of halogens is 2. The minimum Gasteiger partial charge on any atom is -0.491 e. The van der Waals surface area contributed by atoms with E-state index < -0.39 is 15.1 Å². The second kappa shape index (κ2) is 7.26. The van der Waals surface area contributed by atoms with E-state index >= 15 is 0 Å². The van der Waals surface area contributed by atoms with E-state index in [2.05, 4.69) is 0 Å². The maximum Gasteiger partial charge on any atom is 0.254 e. The highest BCUT2D eigenvalue weighted by Gasteiger charge is 2.22. The minimum atomic E-state index is -3.54. The third kappa shape index (κ3) is 4.34. The Balaban J connectivity index is 3.20. The normalized spacial score (nSPS) is 11.4. The summed E-state index contributed by atoms with van der Waals surface area (Å²) < 4.78 is 33.6. The van der Waals surface area contributed by atoms with Crippen LogP contribution >= 0.6 is 23.2 Å². The number of hydrogen-bond acceptors (Lipinski definition) is 5. The summed E-state index contributed by atoms with van der Waals surface area (Å²) in [5, 5.41) is -0.887. The topological polar surface area (TPSA) is 69.7 Å². The molecule has 0 fully saturated rings. The molecule has 0 N–H and O–H groups in total. The van der Waals surface area contributed by atoms with Crippen molar-refractivity contribution in [2.45, 2.75) is 11.3 Å². The summed E-state index contributed by atoms with van der Waals surface area (Å²) in [5.74, 6) is -0.0585. The van der Waals surface area contributed by atoms with Crippen LogP contribution in [-0.2, 0) is 14.6 Å². The molecule has 0 radical (unpaired) electrons. The van der Waals surface area contributed by atoms with Crippen molar-refractivity contribution in [2.75, 3.05) is 26.6 Å². The van der Waals surface area contributed by atoms with Crippen LogP contribution in [-0.4, -0.2) is 40.2 Å². The summed E-state index contributed by atoms with van der Waals surface area (Å²) in [5.41, 5.74) is 0.00229. The third-order valence-electron chi connectivity index (χ3n) is 2.41. The summed E-state index contributed by atoms with van der Waals surface area (Å²) in [6.45, 7) is 0.663. The van der Waals surface area contributed by atoms with Crippen molar-refractivity contribution >= 4 is 38.3 Å². The van der Waals surface area contributed by atoms with Crippen LogP contribution in [0.25, 0.3) is 0 Å². The fourth-order valence-electron chi connectivity index (χ4n) is 1.49. The lowest BCUT2D eigenvalue weighted by molar-refractivity contribution is 0.108. The second-order valence-electron chi connectivity index (χ2n) is 4.00. The Morgan fingerprint density at radius 2 is 1.95 bits per heavy atom. The van der Waals surface area contributed by atoms with Gasteiger partial charge in [-0.3, -0.25) is 4.79 Å². The van der Waals surface area contributed by atoms with E-state index in [0.717, 1.165) is 6.26 Å². The van der Waals surface area contributed by atoms with Crippen LogP contribution in [0.15, 0.2) is 17.0 Å². The molecule has 1 rings (SSSR count). The van der Waals surface area contributed by atoms with Gasteiger partial charge in [0.05, 0.1) is 17.2 Å². The summed E-state index contributed by atoms with van der Waals surface area (Å²) in [4.78, 5) is 11.1. The Morgan fingerprint density at radius 3 is 2.45 bits per heavy atom. The number of carbonyl (C=O) groups is 1. The summed E-state index contributed by atoms with van der Waals surface area (Å²) in [7, 11) is -1.99. The van der Waals surface area contributed by atoms with Crippen molar-refractivity contribution in [3.8, 4) is 5.75 Å². The zero-order valence-electron chi connectivity index (χ0n) is 11.0. The number of methoxy groups -OCH3 is 1. The number of rotatable bonds is 7. The molecule has 0 amide bonds. The molecule has 0 aromatic heterocycles. The standard InChI is InChI=1S/C12H14Cl2O5S/c1-18-6-3-7-19-11-9(20(2,16)17)5-4-8(10(11)13)12(14)15/h4-5H,3,6-7H2,1-2H3. The van der Waals surface area contributed by atoms with Crippen molar-refractivity contribution in [2.24, 2.45) is 0 Å². The quantitative estimate of drug-likeness (QED) is 0.563. The van der Waals surface area contributed by atoms with E-state index in [1.54, 1.807) is 7.11 Å². The van der Waals surface area contributed by atoms with Gasteiger partial charge in [-0.25, -0.2) is 8.42 Å². The van der Waals surface area contributed by atoms with Crippen LogP contribution in [0, 0.1) is 0 Å². The molecule has 1 aromatic carbocycles. The summed E-state index contributed by atoms with van der Waals surface area (Å²) >= 11 is 11.4.